The molecule has 4 N–H and O–H groups in total. The van der Waals surface area contributed by atoms with Gasteiger partial charge >= 0.3 is 0 Å². The molecule has 0 spiro atoms. The van der Waals surface area contributed by atoms with E-state index in [0.29, 0.717) is 24.9 Å². The van der Waals surface area contributed by atoms with Crippen molar-refractivity contribution in [2.24, 2.45) is 5.73 Å². The summed E-state index contributed by atoms with van der Waals surface area (Å²) in [5, 5.41) is 5.93. The molecule has 0 aromatic carbocycles. The Morgan fingerprint density at radius 1 is 1.25 bits per heavy atom. The molecule has 0 aliphatic heterocycles. The van der Waals surface area contributed by atoms with E-state index in [4.69, 9.17) is 5.73 Å². The van der Waals surface area contributed by atoms with E-state index in [1.165, 1.54) is 0 Å². The van der Waals surface area contributed by atoms with Gasteiger partial charge in [-0.1, -0.05) is 6.92 Å². The monoisotopic (exact) mass is 278 g/mol. The Bertz CT molecular complexity index is 431. The maximum Gasteiger partial charge on any atom is 0.252 e. The normalized spacial score (nSPS) is 10.1. The zero-order chi connectivity index (χ0) is 14.8. The lowest BCUT2D eigenvalue weighted by molar-refractivity contribution is -0.118. The van der Waals surface area contributed by atoms with Gasteiger partial charge in [-0.25, -0.2) is 4.98 Å². The standard InChI is InChI=1S/C14H22N4O2/c1-2-8-16-13-7-6-11(10-18-13)14(20)17-9-4-3-5-12(15)19/h6-7,10H,2-5,8-9H2,1H3,(H2,15,19)(H,16,18)(H,17,20). The topological polar surface area (TPSA) is 97.1 Å². The van der Waals surface area contributed by atoms with E-state index in [1.807, 2.05) is 0 Å². The molecule has 0 atom stereocenters. The molecule has 1 aromatic heterocycles. The fourth-order valence-corrected chi connectivity index (χ4v) is 1.61. The highest BCUT2D eigenvalue weighted by Crippen LogP contribution is 2.05. The van der Waals surface area contributed by atoms with E-state index < -0.39 is 0 Å². The Kier molecular flexibility index (Phi) is 7.10. The Labute approximate surface area is 119 Å². The molecule has 0 unspecified atom stereocenters. The maximum atomic E-state index is 11.8. The number of nitrogens with one attached hydrogen (secondary N) is 2. The Morgan fingerprint density at radius 3 is 2.65 bits per heavy atom. The average Bonchev–Trinajstić information content (AvgIpc) is 2.44. The van der Waals surface area contributed by atoms with Gasteiger partial charge in [0.05, 0.1) is 5.56 Å². The van der Waals surface area contributed by atoms with Gasteiger partial charge in [0.15, 0.2) is 0 Å². The number of aromatic nitrogens is 1. The Morgan fingerprint density at radius 2 is 2.05 bits per heavy atom. The van der Waals surface area contributed by atoms with E-state index in [1.54, 1.807) is 18.3 Å². The molecule has 1 aromatic rings. The van der Waals surface area contributed by atoms with Crippen LogP contribution in [0.5, 0.6) is 0 Å². The first-order valence-corrected chi connectivity index (χ1v) is 6.90. The first kappa shape index (κ1) is 15.9. The van der Waals surface area contributed by atoms with Gasteiger partial charge in [-0.15, -0.1) is 0 Å². The lowest BCUT2D eigenvalue weighted by atomic mass is 10.2. The fourth-order valence-electron chi connectivity index (χ4n) is 1.61. The number of rotatable bonds is 9. The van der Waals surface area contributed by atoms with Crippen LogP contribution in [0.25, 0.3) is 0 Å². The molecular formula is C14H22N4O2. The van der Waals surface area contributed by atoms with Crippen molar-refractivity contribution >= 4 is 17.6 Å². The highest BCUT2D eigenvalue weighted by atomic mass is 16.2. The van der Waals surface area contributed by atoms with Crippen LogP contribution in [-0.2, 0) is 4.79 Å². The minimum atomic E-state index is -0.310. The number of carbonyl (C=O) groups excluding carboxylic acids is 2. The molecule has 20 heavy (non-hydrogen) atoms. The number of unbranched alkanes of at least 4 members (excludes halogenated alkanes) is 1. The third-order valence-corrected chi connectivity index (χ3v) is 2.72. The summed E-state index contributed by atoms with van der Waals surface area (Å²) in [7, 11) is 0. The minimum absolute atomic E-state index is 0.154. The van der Waals surface area contributed by atoms with Gasteiger partial charge in [0.1, 0.15) is 5.82 Å². The molecule has 2 amide bonds. The van der Waals surface area contributed by atoms with Gasteiger partial charge < -0.3 is 16.4 Å². The van der Waals surface area contributed by atoms with Crippen LogP contribution < -0.4 is 16.4 Å². The number of nitrogens with zero attached hydrogens (tertiary/aromatic N) is 1. The molecule has 0 aliphatic carbocycles. The van der Waals surface area contributed by atoms with E-state index in [-0.39, 0.29) is 11.8 Å². The quantitative estimate of drug-likeness (QED) is 0.593. The van der Waals surface area contributed by atoms with Crippen molar-refractivity contribution in [3.8, 4) is 0 Å². The van der Waals surface area contributed by atoms with Crippen molar-refractivity contribution in [2.45, 2.75) is 32.6 Å². The van der Waals surface area contributed by atoms with Gasteiger partial charge in [0.2, 0.25) is 5.91 Å². The van der Waals surface area contributed by atoms with Crippen LogP contribution in [0.3, 0.4) is 0 Å². The fraction of sp³-hybridized carbons (Fsp3) is 0.500. The molecule has 1 heterocycles. The van der Waals surface area contributed by atoms with E-state index in [9.17, 15) is 9.59 Å². The number of carbonyl (C=O) groups is 2. The highest BCUT2D eigenvalue weighted by molar-refractivity contribution is 5.94. The van der Waals surface area contributed by atoms with Crippen molar-refractivity contribution < 1.29 is 9.59 Å². The van der Waals surface area contributed by atoms with Crippen LogP contribution in [-0.4, -0.2) is 29.9 Å². The second-order valence-corrected chi connectivity index (χ2v) is 4.54. The summed E-state index contributed by atoms with van der Waals surface area (Å²) in [6, 6.07) is 3.53. The third-order valence-electron chi connectivity index (χ3n) is 2.72. The van der Waals surface area contributed by atoms with Crippen LogP contribution >= 0.6 is 0 Å². The summed E-state index contributed by atoms with van der Waals surface area (Å²) < 4.78 is 0. The molecule has 0 saturated carbocycles. The predicted molar refractivity (Wildman–Crippen MR) is 78.4 cm³/mol. The molecule has 0 bridgehead atoms. The maximum absolute atomic E-state index is 11.8. The molecule has 0 aliphatic rings. The number of anilines is 1. The van der Waals surface area contributed by atoms with E-state index in [2.05, 4.69) is 22.5 Å². The second-order valence-electron chi connectivity index (χ2n) is 4.54. The number of amides is 2. The van der Waals surface area contributed by atoms with Gasteiger partial charge in [-0.05, 0) is 31.4 Å². The van der Waals surface area contributed by atoms with Crippen LogP contribution in [0.1, 0.15) is 43.0 Å². The summed E-state index contributed by atoms with van der Waals surface area (Å²) in [6.45, 7) is 3.47. The second kappa shape index (κ2) is 8.90. The summed E-state index contributed by atoms with van der Waals surface area (Å²) >= 11 is 0. The van der Waals surface area contributed by atoms with E-state index >= 15 is 0 Å². The van der Waals surface area contributed by atoms with Crippen molar-refractivity contribution in [2.75, 3.05) is 18.4 Å². The molecule has 6 nitrogen and oxygen atoms in total. The van der Waals surface area contributed by atoms with Gasteiger partial charge in [-0.3, -0.25) is 9.59 Å². The third kappa shape index (κ3) is 6.17. The van der Waals surface area contributed by atoms with Crippen molar-refractivity contribution in [3.63, 3.8) is 0 Å². The summed E-state index contributed by atoms with van der Waals surface area (Å²) in [5.74, 6) is 0.305. The average molecular weight is 278 g/mol. The van der Waals surface area contributed by atoms with Crippen molar-refractivity contribution in [1.82, 2.24) is 10.3 Å². The first-order chi connectivity index (χ1) is 9.63. The lowest BCUT2D eigenvalue weighted by Gasteiger charge is -2.06. The predicted octanol–water partition coefficient (Wildman–Crippen LogP) is 1.29. The van der Waals surface area contributed by atoms with Crippen LogP contribution in [0.15, 0.2) is 18.3 Å². The molecule has 0 saturated heterocycles. The van der Waals surface area contributed by atoms with Gasteiger partial charge in [0.25, 0.3) is 5.91 Å². The smallest absolute Gasteiger partial charge is 0.252 e. The van der Waals surface area contributed by atoms with Gasteiger partial charge in [-0.2, -0.15) is 0 Å². The number of pyridine rings is 1. The molecule has 0 fully saturated rings. The number of primary amides is 1. The molecule has 1 rings (SSSR count). The molecule has 110 valence electrons. The van der Waals surface area contributed by atoms with Crippen molar-refractivity contribution in [3.05, 3.63) is 23.9 Å². The summed E-state index contributed by atoms with van der Waals surface area (Å²) in [6.07, 6.45) is 4.35. The van der Waals surface area contributed by atoms with E-state index in [0.717, 1.165) is 25.2 Å². The largest absolute Gasteiger partial charge is 0.370 e. The first-order valence-electron chi connectivity index (χ1n) is 6.90. The van der Waals surface area contributed by atoms with Crippen LogP contribution in [0, 0.1) is 0 Å². The highest BCUT2D eigenvalue weighted by Gasteiger charge is 2.05. The summed E-state index contributed by atoms with van der Waals surface area (Å²) in [5.41, 5.74) is 5.56. The van der Waals surface area contributed by atoms with Crippen LogP contribution in [0.4, 0.5) is 5.82 Å². The summed E-state index contributed by atoms with van der Waals surface area (Å²) in [4.78, 5) is 26.5. The number of hydrogen-bond donors (Lipinski definition) is 3. The SMILES string of the molecule is CCCNc1ccc(C(=O)NCCCCC(N)=O)cn1. The zero-order valence-electron chi connectivity index (χ0n) is 11.8. The Balaban J connectivity index is 2.30. The van der Waals surface area contributed by atoms with Crippen LogP contribution in [0.2, 0.25) is 0 Å². The lowest BCUT2D eigenvalue weighted by Crippen LogP contribution is -2.24. The molecule has 6 heteroatoms. The molecule has 0 radical (unpaired) electrons. The zero-order valence-corrected chi connectivity index (χ0v) is 11.8. The van der Waals surface area contributed by atoms with Crippen molar-refractivity contribution in [1.29, 1.82) is 0 Å². The Hall–Kier alpha value is -2.11. The minimum Gasteiger partial charge on any atom is -0.370 e. The number of hydrogen-bond acceptors (Lipinski definition) is 4. The number of nitrogens with two attached hydrogens (primary N) is 1. The van der Waals surface area contributed by atoms with Gasteiger partial charge in [0, 0.05) is 25.7 Å². The molecular weight excluding hydrogens is 256 g/mol.